The first-order chi connectivity index (χ1) is 8.27. The second-order valence-electron chi connectivity index (χ2n) is 6.79. The molecule has 1 unspecified atom stereocenters. The van der Waals surface area contributed by atoms with Gasteiger partial charge in [0.25, 0.3) is 0 Å². The summed E-state index contributed by atoms with van der Waals surface area (Å²) in [6.45, 7) is 5.94. The maximum atomic E-state index is 6.31. The van der Waals surface area contributed by atoms with Crippen molar-refractivity contribution in [2.75, 3.05) is 19.6 Å². The van der Waals surface area contributed by atoms with Gasteiger partial charge in [0.15, 0.2) is 0 Å². The Bertz CT molecular complexity index is 254. The lowest BCUT2D eigenvalue weighted by molar-refractivity contribution is -0.0574. The molecule has 2 aliphatic carbocycles. The van der Waals surface area contributed by atoms with Gasteiger partial charge in [-0.15, -0.1) is 0 Å². The van der Waals surface area contributed by atoms with E-state index in [0.29, 0.717) is 5.54 Å². The number of rotatable bonds is 4. The summed E-state index contributed by atoms with van der Waals surface area (Å²) in [5.41, 5.74) is 6.72. The molecule has 98 valence electrons. The fraction of sp³-hybridized carbons (Fsp3) is 1.00. The molecular formula is C15H28N2. The highest BCUT2D eigenvalue weighted by Crippen LogP contribution is 2.51. The quantitative estimate of drug-likeness (QED) is 0.813. The molecule has 3 fully saturated rings. The third kappa shape index (κ3) is 1.76. The standard InChI is InChI=1S/C15H28N2/c1-12-8-9-17(10-12)15(11-16,13-4-2-5-13)14-6-3-7-14/h12-14H,2-11,16H2,1H3. The van der Waals surface area contributed by atoms with Crippen LogP contribution < -0.4 is 5.73 Å². The molecule has 2 heteroatoms. The lowest BCUT2D eigenvalue weighted by atomic mass is 9.58. The number of nitrogens with two attached hydrogens (primary N) is 1. The predicted molar refractivity (Wildman–Crippen MR) is 71.8 cm³/mol. The van der Waals surface area contributed by atoms with Crippen molar-refractivity contribution in [2.24, 2.45) is 23.5 Å². The van der Waals surface area contributed by atoms with E-state index in [9.17, 15) is 0 Å². The van der Waals surface area contributed by atoms with Gasteiger partial charge in [-0.05, 0) is 56.4 Å². The first kappa shape index (κ1) is 12.0. The molecule has 2 saturated carbocycles. The molecule has 1 saturated heterocycles. The van der Waals surface area contributed by atoms with Crippen LogP contribution in [0.1, 0.15) is 51.9 Å². The molecule has 0 aromatic rings. The molecule has 3 rings (SSSR count). The fourth-order valence-electron chi connectivity index (χ4n) is 4.44. The topological polar surface area (TPSA) is 29.3 Å². The van der Waals surface area contributed by atoms with Crippen molar-refractivity contribution in [3.8, 4) is 0 Å². The van der Waals surface area contributed by atoms with Crippen molar-refractivity contribution >= 4 is 0 Å². The molecule has 3 aliphatic rings. The molecule has 2 N–H and O–H groups in total. The third-order valence-electron chi connectivity index (χ3n) is 5.96. The molecular weight excluding hydrogens is 208 g/mol. The first-order valence-electron chi connectivity index (χ1n) is 7.72. The van der Waals surface area contributed by atoms with Gasteiger partial charge in [0.1, 0.15) is 0 Å². The van der Waals surface area contributed by atoms with Crippen LogP contribution in [0.5, 0.6) is 0 Å². The maximum absolute atomic E-state index is 6.31. The van der Waals surface area contributed by atoms with E-state index in [2.05, 4.69) is 11.8 Å². The van der Waals surface area contributed by atoms with E-state index in [4.69, 9.17) is 5.73 Å². The van der Waals surface area contributed by atoms with E-state index >= 15 is 0 Å². The lowest BCUT2D eigenvalue weighted by Gasteiger charge is -2.57. The third-order valence-corrected chi connectivity index (χ3v) is 5.96. The lowest BCUT2D eigenvalue weighted by Crippen LogP contribution is -2.65. The van der Waals surface area contributed by atoms with Gasteiger partial charge in [0.2, 0.25) is 0 Å². The minimum Gasteiger partial charge on any atom is -0.329 e. The largest absolute Gasteiger partial charge is 0.329 e. The van der Waals surface area contributed by atoms with Crippen molar-refractivity contribution in [2.45, 2.75) is 57.4 Å². The minimum atomic E-state index is 0.404. The van der Waals surface area contributed by atoms with Crippen LogP contribution in [0.3, 0.4) is 0 Å². The first-order valence-corrected chi connectivity index (χ1v) is 7.72. The molecule has 0 aromatic heterocycles. The zero-order valence-electron chi connectivity index (χ0n) is 11.3. The van der Waals surface area contributed by atoms with E-state index in [1.807, 2.05) is 0 Å². The summed E-state index contributed by atoms with van der Waals surface area (Å²) in [7, 11) is 0. The van der Waals surface area contributed by atoms with Gasteiger partial charge in [-0.3, -0.25) is 4.90 Å². The zero-order valence-corrected chi connectivity index (χ0v) is 11.3. The summed E-state index contributed by atoms with van der Waals surface area (Å²) >= 11 is 0. The summed E-state index contributed by atoms with van der Waals surface area (Å²) in [5, 5.41) is 0. The highest BCUT2D eigenvalue weighted by molar-refractivity contribution is 5.08. The Hall–Kier alpha value is -0.0800. The van der Waals surface area contributed by atoms with Gasteiger partial charge >= 0.3 is 0 Å². The van der Waals surface area contributed by atoms with E-state index in [1.165, 1.54) is 58.0 Å². The zero-order chi connectivity index (χ0) is 11.9. The molecule has 0 radical (unpaired) electrons. The van der Waals surface area contributed by atoms with Crippen LogP contribution in [0.2, 0.25) is 0 Å². The van der Waals surface area contributed by atoms with Gasteiger partial charge < -0.3 is 5.73 Å². The van der Waals surface area contributed by atoms with Crippen LogP contribution in [0.15, 0.2) is 0 Å². The highest BCUT2D eigenvalue weighted by atomic mass is 15.2. The van der Waals surface area contributed by atoms with Gasteiger partial charge in [-0.25, -0.2) is 0 Å². The maximum Gasteiger partial charge on any atom is 0.0387 e. The van der Waals surface area contributed by atoms with Crippen molar-refractivity contribution in [1.82, 2.24) is 4.90 Å². The van der Waals surface area contributed by atoms with Crippen molar-refractivity contribution in [3.63, 3.8) is 0 Å². The van der Waals surface area contributed by atoms with Crippen LogP contribution in [0.4, 0.5) is 0 Å². The molecule has 0 spiro atoms. The van der Waals surface area contributed by atoms with E-state index in [-0.39, 0.29) is 0 Å². The molecule has 0 amide bonds. The number of likely N-dealkylation sites (tertiary alicyclic amines) is 1. The smallest absolute Gasteiger partial charge is 0.0387 e. The van der Waals surface area contributed by atoms with Gasteiger partial charge in [0, 0.05) is 18.6 Å². The van der Waals surface area contributed by atoms with Crippen LogP contribution in [0.25, 0.3) is 0 Å². The summed E-state index contributed by atoms with van der Waals surface area (Å²) in [6, 6.07) is 0. The second-order valence-corrected chi connectivity index (χ2v) is 6.79. The van der Waals surface area contributed by atoms with Gasteiger partial charge in [0.05, 0.1) is 0 Å². The molecule has 17 heavy (non-hydrogen) atoms. The summed E-state index contributed by atoms with van der Waals surface area (Å²) in [6.07, 6.45) is 10.1. The average Bonchev–Trinajstić information content (AvgIpc) is 2.58. The second kappa shape index (κ2) is 4.55. The van der Waals surface area contributed by atoms with Crippen LogP contribution in [0, 0.1) is 17.8 Å². The molecule has 0 aromatic carbocycles. The summed E-state index contributed by atoms with van der Waals surface area (Å²) in [4.78, 5) is 2.81. The number of nitrogens with zero attached hydrogens (tertiary/aromatic N) is 1. The minimum absolute atomic E-state index is 0.404. The van der Waals surface area contributed by atoms with E-state index in [1.54, 1.807) is 0 Å². The van der Waals surface area contributed by atoms with Crippen molar-refractivity contribution in [1.29, 1.82) is 0 Å². The average molecular weight is 236 g/mol. The Kier molecular flexibility index (Phi) is 3.20. The number of hydrogen-bond acceptors (Lipinski definition) is 2. The molecule has 1 heterocycles. The van der Waals surface area contributed by atoms with Crippen molar-refractivity contribution in [3.05, 3.63) is 0 Å². The molecule has 1 aliphatic heterocycles. The van der Waals surface area contributed by atoms with Crippen molar-refractivity contribution < 1.29 is 0 Å². The van der Waals surface area contributed by atoms with Gasteiger partial charge in [-0.1, -0.05) is 19.8 Å². The summed E-state index contributed by atoms with van der Waals surface area (Å²) in [5.74, 6) is 2.73. The molecule has 0 bridgehead atoms. The Morgan fingerprint density at radius 1 is 1.06 bits per heavy atom. The Balaban J connectivity index is 1.82. The SMILES string of the molecule is CC1CCN(C(CN)(C2CCC2)C2CCC2)C1. The predicted octanol–water partition coefficient (Wildman–Crippen LogP) is 2.63. The van der Waals surface area contributed by atoms with E-state index in [0.717, 1.165) is 24.3 Å². The Labute approximate surface area is 106 Å². The van der Waals surface area contributed by atoms with Gasteiger partial charge in [-0.2, -0.15) is 0 Å². The van der Waals surface area contributed by atoms with E-state index < -0.39 is 0 Å². The summed E-state index contributed by atoms with van der Waals surface area (Å²) < 4.78 is 0. The van der Waals surface area contributed by atoms with Crippen LogP contribution in [-0.4, -0.2) is 30.1 Å². The Morgan fingerprint density at radius 2 is 1.65 bits per heavy atom. The normalized spacial score (nSPS) is 32.5. The Morgan fingerprint density at radius 3 is 1.94 bits per heavy atom. The van der Waals surface area contributed by atoms with Crippen LogP contribution in [-0.2, 0) is 0 Å². The fourth-order valence-corrected chi connectivity index (χ4v) is 4.44. The highest BCUT2D eigenvalue weighted by Gasteiger charge is 2.52. The molecule has 2 nitrogen and oxygen atoms in total. The monoisotopic (exact) mass is 236 g/mol. The molecule has 1 atom stereocenters. The van der Waals surface area contributed by atoms with Crippen LogP contribution >= 0.6 is 0 Å². The number of hydrogen-bond donors (Lipinski definition) is 1.